The maximum atomic E-state index is 4.12. The fourth-order valence-corrected chi connectivity index (χ4v) is 1.07. The lowest BCUT2D eigenvalue weighted by molar-refractivity contribution is 0.962. The molecule has 0 aliphatic carbocycles. The van der Waals surface area contributed by atoms with Gasteiger partial charge in [-0.2, -0.15) is 5.10 Å². The highest BCUT2D eigenvalue weighted by Gasteiger charge is 2.04. The quantitative estimate of drug-likeness (QED) is 0.648. The van der Waals surface area contributed by atoms with Gasteiger partial charge in [0.15, 0.2) is 0 Å². The van der Waals surface area contributed by atoms with Crippen LogP contribution in [0, 0.1) is 6.92 Å². The SMILES string of the molecule is CCc1n[nH]c(C)c1NC. The minimum absolute atomic E-state index is 0.973. The van der Waals surface area contributed by atoms with Crippen LogP contribution in [-0.2, 0) is 6.42 Å². The average molecular weight is 139 g/mol. The van der Waals surface area contributed by atoms with Gasteiger partial charge in [-0.05, 0) is 13.3 Å². The van der Waals surface area contributed by atoms with Crippen molar-refractivity contribution in [2.75, 3.05) is 12.4 Å². The lowest BCUT2D eigenvalue weighted by Gasteiger charge is -1.97. The number of H-pyrrole nitrogens is 1. The average Bonchev–Trinajstić information content (AvgIpc) is 2.30. The van der Waals surface area contributed by atoms with E-state index < -0.39 is 0 Å². The second-order valence-corrected chi connectivity index (χ2v) is 2.27. The van der Waals surface area contributed by atoms with Crippen LogP contribution < -0.4 is 5.32 Å². The highest BCUT2D eigenvalue weighted by molar-refractivity contribution is 5.51. The first-order valence-corrected chi connectivity index (χ1v) is 3.51. The summed E-state index contributed by atoms with van der Waals surface area (Å²) >= 11 is 0. The predicted molar refractivity (Wildman–Crippen MR) is 42.2 cm³/mol. The maximum absolute atomic E-state index is 4.12. The number of aryl methyl sites for hydroxylation is 2. The lowest BCUT2D eigenvalue weighted by Crippen LogP contribution is -1.92. The molecule has 0 amide bonds. The summed E-state index contributed by atoms with van der Waals surface area (Å²) in [6.45, 7) is 4.11. The van der Waals surface area contributed by atoms with Crippen molar-refractivity contribution in [2.24, 2.45) is 0 Å². The Kier molecular flexibility index (Phi) is 1.94. The third-order valence-corrected chi connectivity index (χ3v) is 1.61. The Bertz CT molecular complexity index is 215. The first-order valence-electron chi connectivity index (χ1n) is 3.51. The molecule has 3 nitrogen and oxygen atoms in total. The lowest BCUT2D eigenvalue weighted by atomic mass is 10.2. The van der Waals surface area contributed by atoms with E-state index in [0.29, 0.717) is 0 Å². The molecule has 0 aliphatic heterocycles. The smallest absolute Gasteiger partial charge is 0.0853 e. The molecule has 10 heavy (non-hydrogen) atoms. The van der Waals surface area contributed by atoms with Crippen LogP contribution in [0.4, 0.5) is 5.69 Å². The summed E-state index contributed by atoms with van der Waals surface area (Å²) in [5, 5.41) is 10.1. The molecule has 1 aromatic rings. The fraction of sp³-hybridized carbons (Fsp3) is 0.571. The van der Waals surface area contributed by atoms with E-state index in [2.05, 4.69) is 22.4 Å². The third kappa shape index (κ3) is 0.988. The van der Waals surface area contributed by atoms with Crippen LogP contribution in [0.5, 0.6) is 0 Å². The highest BCUT2D eigenvalue weighted by Crippen LogP contribution is 2.15. The summed E-state index contributed by atoms with van der Waals surface area (Å²) in [6.07, 6.45) is 0.973. The first-order chi connectivity index (χ1) is 4.79. The molecule has 56 valence electrons. The van der Waals surface area contributed by atoms with Gasteiger partial charge >= 0.3 is 0 Å². The molecular weight excluding hydrogens is 126 g/mol. The van der Waals surface area contributed by atoms with E-state index in [1.54, 1.807) is 0 Å². The predicted octanol–water partition coefficient (Wildman–Crippen LogP) is 1.32. The van der Waals surface area contributed by atoms with Gasteiger partial charge in [0.2, 0.25) is 0 Å². The molecule has 2 N–H and O–H groups in total. The standard InChI is InChI=1S/C7H13N3/c1-4-6-7(8-3)5(2)9-10-6/h8H,4H2,1-3H3,(H,9,10). The molecule has 0 aliphatic rings. The second kappa shape index (κ2) is 2.73. The van der Waals surface area contributed by atoms with E-state index in [9.17, 15) is 0 Å². The first kappa shape index (κ1) is 7.12. The monoisotopic (exact) mass is 139 g/mol. The fourth-order valence-electron chi connectivity index (χ4n) is 1.07. The number of nitrogens with zero attached hydrogens (tertiary/aromatic N) is 1. The number of rotatable bonds is 2. The number of aromatic amines is 1. The molecule has 0 bridgehead atoms. The van der Waals surface area contributed by atoms with Gasteiger partial charge in [-0.15, -0.1) is 0 Å². The minimum Gasteiger partial charge on any atom is -0.385 e. The van der Waals surface area contributed by atoms with Crippen molar-refractivity contribution >= 4 is 5.69 Å². The van der Waals surface area contributed by atoms with Gasteiger partial charge in [0.25, 0.3) is 0 Å². The normalized spacial score (nSPS) is 9.90. The summed E-state index contributed by atoms with van der Waals surface area (Å²) in [4.78, 5) is 0. The number of aromatic nitrogens is 2. The maximum Gasteiger partial charge on any atom is 0.0853 e. The Balaban J connectivity index is 3.01. The van der Waals surface area contributed by atoms with Gasteiger partial charge in [0, 0.05) is 7.05 Å². The number of anilines is 1. The number of nitrogens with one attached hydrogen (secondary N) is 2. The van der Waals surface area contributed by atoms with E-state index in [1.165, 1.54) is 0 Å². The van der Waals surface area contributed by atoms with Crippen molar-refractivity contribution in [3.8, 4) is 0 Å². The molecule has 0 fully saturated rings. The van der Waals surface area contributed by atoms with Gasteiger partial charge < -0.3 is 5.32 Å². The zero-order valence-corrected chi connectivity index (χ0v) is 6.65. The molecule has 1 aromatic heterocycles. The highest BCUT2D eigenvalue weighted by atomic mass is 15.1. The molecule has 0 aromatic carbocycles. The summed E-state index contributed by atoms with van der Waals surface area (Å²) in [5.74, 6) is 0. The molecule has 1 heterocycles. The molecule has 1 rings (SSSR count). The number of hydrogen-bond acceptors (Lipinski definition) is 2. The van der Waals surface area contributed by atoms with Crippen LogP contribution in [-0.4, -0.2) is 17.2 Å². The Morgan fingerprint density at radius 3 is 2.70 bits per heavy atom. The Morgan fingerprint density at radius 2 is 2.30 bits per heavy atom. The van der Waals surface area contributed by atoms with Gasteiger partial charge in [0.1, 0.15) is 0 Å². The Labute approximate surface area is 60.8 Å². The van der Waals surface area contributed by atoms with Crippen LogP contribution in [0.3, 0.4) is 0 Å². The van der Waals surface area contributed by atoms with Crippen LogP contribution in [0.2, 0.25) is 0 Å². The van der Waals surface area contributed by atoms with Gasteiger partial charge in [-0.25, -0.2) is 0 Å². The van der Waals surface area contributed by atoms with E-state index in [0.717, 1.165) is 23.5 Å². The van der Waals surface area contributed by atoms with Crippen molar-refractivity contribution in [2.45, 2.75) is 20.3 Å². The molecule has 0 atom stereocenters. The van der Waals surface area contributed by atoms with Crippen LogP contribution >= 0.6 is 0 Å². The van der Waals surface area contributed by atoms with Gasteiger partial charge in [-0.1, -0.05) is 6.92 Å². The Hall–Kier alpha value is -0.990. The van der Waals surface area contributed by atoms with Gasteiger partial charge in [0.05, 0.1) is 17.1 Å². The topological polar surface area (TPSA) is 40.7 Å². The second-order valence-electron chi connectivity index (χ2n) is 2.27. The van der Waals surface area contributed by atoms with E-state index >= 15 is 0 Å². The molecule has 0 saturated carbocycles. The summed E-state index contributed by atoms with van der Waals surface area (Å²) < 4.78 is 0. The minimum atomic E-state index is 0.973. The van der Waals surface area contributed by atoms with Crippen LogP contribution in [0.15, 0.2) is 0 Å². The number of hydrogen-bond donors (Lipinski definition) is 2. The van der Waals surface area contributed by atoms with Crippen molar-refractivity contribution in [3.63, 3.8) is 0 Å². The molecule has 0 unspecified atom stereocenters. The van der Waals surface area contributed by atoms with Gasteiger partial charge in [-0.3, -0.25) is 5.10 Å². The zero-order valence-electron chi connectivity index (χ0n) is 6.65. The third-order valence-electron chi connectivity index (χ3n) is 1.61. The summed E-state index contributed by atoms with van der Waals surface area (Å²) in [5.41, 5.74) is 3.36. The molecule has 0 spiro atoms. The van der Waals surface area contributed by atoms with Crippen molar-refractivity contribution in [1.29, 1.82) is 0 Å². The van der Waals surface area contributed by atoms with E-state index in [1.807, 2.05) is 14.0 Å². The molecule has 0 radical (unpaired) electrons. The largest absolute Gasteiger partial charge is 0.385 e. The van der Waals surface area contributed by atoms with E-state index in [-0.39, 0.29) is 0 Å². The van der Waals surface area contributed by atoms with Crippen molar-refractivity contribution < 1.29 is 0 Å². The molecular formula is C7H13N3. The molecule has 0 saturated heterocycles. The van der Waals surface area contributed by atoms with E-state index in [4.69, 9.17) is 0 Å². The summed E-state index contributed by atoms with van der Waals surface area (Å²) in [7, 11) is 1.91. The molecule has 3 heteroatoms. The van der Waals surface area contributed by atoms with Crippen molar-refractivity contribution in [1.82, 2.24) is 10.2 Å². The Morgan fingerprint density at radius 1 is 1.60 bits per heavy atom. The van der Waals surface area contributed by atoms with Crippen LogP contribution in [0.25, 0.3) is 0 Å². The van der Waals surface area contributed by atoms with Crippen molar-refractivity contribution in [3.05, 3.63) is 11.4 Å². The summed E-state index contributed by atoms with van der Waals surface area (Å²) in [6, 6.07) is 0. The zero-order chi connectivity index (χ0) is 7.56. The van der Waals surface area contributed by atoms with Crippen LogP contribution in [0.1, 0.15) is 18.3 Å².